The van der Waals surface area contributed by atoms with Gasteiger partial charge in [-0.15, -0.1) is 0 Å². The molecule has 3 N–H and O–H groups in total. The molecular weight excluding hydrogens is 374 g/mol. The minimum absolute atomic E-state index is 0.195. The summed E-state index contributed by atoms with van der Waals surface area (Å²) in [5.41, 5.74) is 1.90. The van der Waals surface area contributed by atoms with Crippen LogP contribution in [0.1, 0.15) is 20.7 Å². The van der Waals surface area contributed by atoms with Crippen molar-refractivity contribution in [2.45, 2.75) is 6.10 Å². The second-order valence-electron chi connectivity index (χ2n) is 6.79. The lowest BCUT2D eigenvalue weighted by Crippen LogP contribution is -2.42. The molecule has 154 valence electrons. The number of carbonyl (C=O) groups is 3. The van der Waals surface area contributed by atoms with E-state index in [1.54, 1.807) is 50.6 Å². The number of nitrogens with zero attached hydrogens (tertiary/aromatic N) is 3. The summed E-state index contributed by atoms with van der Waals surface area (Å²) >= 11 is 0. The lowest BCUT2D eigenvalue weighted by molar-refractivity contribution is -0.137. The molecule has 0 bridgehead atoms. The van der Waals surface area contributed by atoms with Gasteiger partial charge < -0.3 is 25.5 Å². The molecule has 0 radical (unpaired) electrons. The molecule has 29 heavy (non-hydrogen) atoms. The number of hydrogen-bond donors (Lipinski definition) is 3. The van der Waals surface area contributed by atoms with Crippen molar-refractivity contribution in [3.05, 3.63) is 53.9 Å². The molecule has 2 rings (SSSR count). The summed E-state index contributed by atoms with van der Waals surface area (Å²) in [7, 11) is 6.35. The second kappa shape index (κ2) is 9.65. The lowest BCUT2D eigenvalue weighted by atomic mass is 10.1. The van der Waals surface area contributed by atoms with Gasteiger partial charge in [0, 0.05) is 51.8 Å². The number of rotatable bonds is 7. The largest absolute Gasteiger partial charge is 0.381 e. The minimum Gasteiger partial charge on any atom is -0.381 e. The maximum atomic E-state index is 12.4. The van der Waals surface area contributed by atoms with Crippen LogP contribution in [0.25, 0.3) is 0 Å². The molecule has 3 amide bonds. The predicted molar refractivity (Wildman–Crippen MR) is 109 cm³/mol. The van der Waals surface area contributed by atoms with Crippen LogP contribution >= 0.6 is 0 Å². The first-order valence-corrected chi connectivity index (χ1v) is 8.91. The van der Waals surface area contributed by atoms with Gasteiger partial charge in [0.1, 0.15) is 6.10 Å². The molecule has 0 unspecified atom stereocenters. The van der Waals surface area contributed by atoms with Crippen molar-refractivity contribution in [3.8, 4) is 0 Å². The topological polar surface area (TPSA) is 115 Å². The fraction of sp³-hybridized carbons (Fsp3) is 0.300. The van der Waals surface area contributed by atoms with Gasteiger partial charge in [0.25, 0.3) is 17.7 Å². The van der Waals surface area contributed by atoms with Gasteiger partial charge >= 0.3 is 0 Å². The van der Waals surface area contributed by atoms with Crippen LogP contribution in [0.4, 0.5) is 11.4 Å². The maximum Gasteiger partial charge on any atom is 0.257 e. The molecule has 0 fully saturated rings. The van der Waals surface area contributed by atoms with E-state index in [4.69, 9.17) is 0 Å². The molecule has 1 atom stereocenters. The summed E-state index contributed by atoms with van der Waals surface area (Å²) in [5, 5.41) is 15.5. The summed E-state index contributed by atoms with van der Waals surface area (Å²) in [4.78, 5) is 43.0. The smallest absolute Gasteiger partial charge is 0.257 e. The van der Waals surface area contributed by atoms with Crippen LogP contribution in [0.5, 0.6) is 0 Å². The molecule has 0 aliphatic rings. The molecule has 1 aromatic heterocycles. The number of likely N-dealkylation sites (N-methyl/N-ethyl adjacent to an activating group) is 1. The summed E-state index contributed by atoms with van der Waals surface area (Å²) < 4.78 is 0. The molecule has 0 saturated heterocycles. The van der Waals surface area contributed by atoms with Crippen LogP contribution in [-0.4, -0.2) is 78.5 Å². The summed E-state index contributed by atoms with van der Waals surface area (Å²) in [6.07, 6.45) is 1.73. The highest BCUT2D eigenvalue weighted by molar-refractivity contribution is 6.00. The van der Waals surface area contributed by atoms with Gasteiger partial charge in [0.15, 0.2) is 0 Å². The van der Waals surface area contributed by atoms with E-state index >= 15 is 0 Å². The molecule has 0 aliphatic carbocycles. The molecule has 2 aromatic rings. The number of amides is 3. The average molecular weight is 399 g/mol. The van der Waals surface area contributed by atoms with E-state index in [0.29, 0.717) is 22.5 Å². The zero-order chi connectivity index (χ0) is 21.6. The first-order valence-electron chi connectivity index (χ1n) is 8.91. The van der Waals surface area contributed by atoms with Crippen molar-refractivity contribution < 1.29 is 19.5 Å². The van der Waals surface area contributed by atoms with Crippen molar-refractivity contribution in [3.63, 3.8) is 0 Å². The Morgan fingerprint density at radius 1 is 1.10 bits per heavy atom. The standard InChI is InChI=1S/C20H25N5O4/c1-24(2)19(28)15-11-21-9-8-16(15)23-14-7-5-6-13(10-14)18(27)22-12-17(26)20(29)25(3)4/h5-11,17,26H,12H2,1-4H3,(H,21,23)(H,22,27)/t17-/m1/s1. The monoisotopic (exact) mass is 399 g/mol. The Labute approximate surface area is 169 Å². The van der Waals surface area contributed by atoms with Gasteiger partial charge in [-0.25, -0.2) is 0 Å². The number of aliphatic hydroxyl groups excluding tert-OH is 1. The molecule has 9 nitrogen and oxygen atoms in total. The van der Waals surface area contributed by atoms with Crippen LogP contribution in [0.15, 0.2) is 42.7 Å². The fourth-order valence-electron chi connectivity index (χ4n) is 2.49. The zero-order valence-electron chi connectivity index (χ0n) is 16.8. The molecular formula is C20H25N5O4. The average Bonchev–Trinajstić information content (AvgIpc) is 2.71. The van der Waals surface area contributed by atoms with Crippen molar-refractivity contribution in [2.75, 3.05) is 40.1 Å². The van der Waals surface area contributed by atoms with Crippen LogP contribution in [-0.2, 0) is 4.79 Å². The van der Waals surface area contributed by atoms with Gasteiger partial charge in [0.05, 0.1) is 17.8 Å². The van der Waals surface area contributed by atoms with Crippen LogP contribution in [0.3, 0.4) is 0 Å². The maximum absolute atomic E-state index is 12.4. The fourth-order valence-corrected chi connectivity index (χ4v) is 2.49. The lowest BCUT2D eigenvalue weighted by Gasteiger charge is -2.17. The number of carbonyl (C=O) groups excluding carboxylic acids is 3. The molecule has 9 heteroatoms. The third kappa shape index (κ3) is 5.76. The third-order valence-electron chi connectivity index (χ3n) is 4.04. The highest BCUT2D eigenvalue weighted by Gasteiger charge is 2.18. The molecule has 0 spiro atoms. The Bertz CT molecular complexity index is 898. The minimum atomic E-state index is -1.31. The van der Waals surface area contributed by atoms with Crippen molar-refractivity contribution in [1.29, 1.82) is 0 Å². The summed E-state index contributed by atoms with van der Waals surface area (Å²) in [6, 6.07) is 8.34. The zero-order valence-corrected chi connectivity index (χ0v) is 16.8. The number of anilines is 2. The van der Waals surface area contributed by atoms with Crippen molar-refractivity contribution >= 4 is 29.1 Å². The Morgan fingerprint density at radius 2 is 1.83 bits per heavy atom. The van der Waals surface area contributed by atoms with E-state index < -0.39 is 17.9 Å². The van der Waals surface area contributed by atoms with Gasteiger partial charge in [-0.1, -0.05) is 6.07 Å². The number of benzene rings is 1. The van der Waals surface area contributed by atoms with Crippen LogP contribution in [0.2, 0.25) is 0 Å². The van der Waals surface area contributed by atoms with Gasteiger partial charge in [0.2, 0.25) is 0 Å². The van der Waals surface area contributed by atoms with E-state index in [9.17, 15) is 19.5 Å². The van der Waals surface area contributed by atoms with E-state index in [1.165, 1.54) is 30.1 Å². The first kappa shape index (κ1) is 21.8. The van der Waals surface area contributed by atoms with Crippen molar-refractivity contribution in [2.24, 2.45) is 0 Å². The Balaban J connectivity index is 2.12. The number of pyridine rings is 1. The van der Waals surface area contributed by atoms with E-state index in [1.807, 2.05) is 0 Å². The van der Waals surface area contributed by atoms with Gasteiger partial charge in [-0.3, -0.25) is 19.4 Å². The summed E-state index contributed by atoms with van der Waals surface area (Å²) in [6.45, 7) is -0.195. The van der Waals surface area contributed by atoms with Gasteiger partial charge in [-0.2, -0.15) is 0 Å². The molecule has 0 saturated carbocycles. The Morgan fingerprint density at radius 3 is 2.48 bits per heavy atom. The Kier molecular flexibility index (Phi) is 7.27. The Hall–Kier alpha value is -3.46. The van der Waals surface area contributed by atoms with E-state index in [2.05, 4.69) is 15.6 Å². The van der Waals surface area contributed by atoms with E-state index in [0.717, 1.165) is 0 Å². The highest BCUT2D eigenvalue weighted by atomic mass is 16.3. The van der Waals surface area contributed by atoms with Crippen molar-refractivity contribution in [1.82, 2.24) is 20.1 Å². The van der Waals surface area contributed by atoms with E-state index in [-0.39, 0.29) is 12.5 Å². The third-order valence-corrected chi connectivity index (χ3v) is 4.04. The molecule has 1 aromatic carbocycles. The normalized spacial score (nSPS) is 11.3. The summed E-state index contributed by atoms with van der Waals surface area (Å²) in [5.74, 6) is -1.12. The van der Waals surface area contributed by atoms with Gasteiger partial charge in [-0.05, 0) is 24.3 Å². The number of aromatic nitrogens is 1. The first-order chi connectivity index (χ1) is 13.7. The quantitative estimate of drug-likeness (QED) is 0.632. The number of nitrogens with one attached hydrogen (secondary N) is 2. The molecule has 1 heterocycles. The SMILES string of the molecule is CN(C)C(=O)c1cnccc1Nc1cccc(C(=O)NC[C@@H](O)C(=O)N(C)C)c1. The highest BCUT2D eigenvalue weighted by Crippen LogP contribution is 2.21. The number of aliphatic hydroxyl groups is 1. The van der Waals surface area contributed by atoms with Crippen LogP contribution in [0, 0.1) is 0 Å². The predicted octanol–water partition coefficient (Wildman–Crippen LogP) is 0.706. The second-order valence-corrected chi connectivity index (χ2v) is 6.79. The number of hydrogen-bond acceptors (Lipinski definition) is 6. The van der Waals surface area contributed by atoms with Crippen LogP contribution < -0.4 is 10.6 Å². The molecule has 0 aliphatic heterocycles.